The smallest absolute Gasteiger partial charge is 0.127 e. The molecule has 4 rings (SSSR count). The van der Waals surface area contributed by atoms with E-state index in [0.29, 0.717) is 0 Å². The van der Waals surface area contributed by atoms with Crippen LogP contribution in [0.15, 0.2) is 36.4 Å². The molecule has 0 unspecified atom stereocenters. The van der Waals surface area contributed by atoms with Gasteiger partial charge in [0.05, 0.1) is 0 Å². The summed E-state index contributed by atoms with van der Waals surface area (Å²) in [4.78, 5) is 0. The van der Waals surface area contributed by atoms with Crippen LogP contribution in [0.4, 0.5) is 4.39 Å². The summed E-state index contributed by atoms with van der Waals surface area (Å²) in [6, 6.07) is 13.0. The Labute approximate surface area is 163 Å². The highest BCUT2D eigenvalue weighted by atomic mass is 19.1. The molecule has 0 N–H and O–H groups in total. The summed E-state index contributed by atoms with van der Waals surface area (Å²) in [6.07, 6.45) is 11.8. The van der Waals surface area contributed by atoms with Gasteiger partial charge in [0.15, 0.2) is 0 Å². The fraction of sp³-hybridized carbons (Fsp3) is 0.462. The molecule has 2 aromatic rings. The van der Waals surface area contributed by atoms with Gasteiger partial charge in [0.1, 0.15) is 5.82 Å². The maximum absolute atomic E-state index is 14.2. The van der Waals surface area contributed by atoms with Crippen molar-refractivity contribution in [3.63, 3.8) is 0 Å². The second kappa shape index (κ2) is 8.00. The largest absolute Gasteiger partial charge is 0.207 e. The van der Waals surface area contributed by atoms with Crippen molar-refractivity contribution in [2.24, 2.45) is 5.92 Å². The van der Waals surface area contributed by atoms with E-state index >= 15 is 0 Å². The summed E-state index contributed by atoms with van der Waals surface area (Å²) < 4.78 is 14.2. The number of hydrogen-bond acceptors (Lipinski definition) is 0. The molecule has 0 aromatic heterocycles. The highest BCUT2D eigenvalue weighted by Crippen LogP contribution is 2.38. The number of halogens is 1. The van der Waals surface area contributed by atoms with E-state index < -0.39 is 0 Å². The SMILES string of the molecule is CCc1cc2c(cc1F)C=C(c1ccc(C3CCC(CC)CC3)cc1)CC2. The summed E-state index contributed by atoms with van der Waals surface area (Å²) in [5.74, 6) is 1.62. The summed E-state index contributed by atoms with van der Waals surface area (Å²) in [5.41, 5.74) is 7.34. The Morgan fingerprint density at radius 1 is 0.926 bits per heavy atom. The number of aryl methyl sites for hydroxylation is 2. The first-order valence-electron chi connectivity index (χ1n) is 10.8. The van der Waals surface area contributed by atoms with E-state index in [4.69, 9.17) is 0 Å². The molecule has 2 aromatic carbocycles. The number of rotatable bonds is 4. The number of benzene rings is 2. The normalized spacial score (nSPS) is 22.3. The molecule has 0 aliphatic heterocycles. The minimum Gasteiger partial charge on any atom is -0.207 e. The first-order valence-corrected chi connectivity index (χ1v) is 10.8. The Morgan fingerprint density at radius 2 is 1.67 bits per heavy atom. The van der Waals surface area contributed by atoms with Crippen molar-refractivity contribution < 1.29 is 4.39 Å². The van der Waals surface area contributed by atoms with Crippen LogP contribution < -0.4 is 0 Å². The molecule has 1 fully saturated rings. The Bertz CT molecular complexity index is 820. The van der Waals surface area contributed by atoms with Crippen molar-refractivity contribution in [1.82, 2.24) is 0 Å². The van der Waals surface area contributed by atoms with Crippen molar-refractivity contribution in [3.05, 3.63) is 70.0 Å². The monoisotopic (exact) mass is 362 g/mol. The molecular formula is C26H31F. The molecule has 0 spiro atoms. The van der Waals surface area contributed by atoms with Crippen LogP contribution in [0.1, 0.15) is 86.1 Å². The van der Waals surface area contributed by atoms with Crippen molar-refractivity contribution in [3.8, 4) is 0 Å². The van der Waals surface area contributed by atoms with Gasteiger partial charge in [0.25, 0.3) is 0 Å². The minimum atomic E-state index is -0.0632. The third-order valence-electron chi connectivity index (χ3n) is 6.86. The topological polar surface area (TPSA) is 0 Å². The van der Waals surface area contributed by atoms with Gasteiger partial charge in [-0.3, -0.25) is 0 Å². The molecule has 2 aliphatic carbocycles. The number of fused-ring (bicyclic) bond motifs is 1. The average Bonchev–Trinajstić information content (AvgIpc) is 2.73. The molecule has 0 radical (unpaired) electrons. The first kappa shape index (κ1) is 18.5. The lowest BCUT2D eigenvalue weighted by atomic mass is 9.77. The van der Waals surface area contributed by atoms with Gasteiger partial charge in [-0.1, -0.05) is 56.7 Å². The van der Waals surface area contributed by atoms with Crippen LogP contribution in [0, 0.1) is 11.7 Å². The lowest BCUT2D eigenvalue weighted by molar-refractivity contribution is 0.319. The fourth-order valence-corrected chi connectivity index (χ4v) is 4.94. The van der Waals surface area contributed by atoms with Crippen LogP contribution in [0.25, 0.3) is 11.6 Å². The van der Waals surface area contributed by atoms with E-state index in [2.05, 4.69) is 43.3 Å². The maximum atomic E-state index is 14.2. The maximum Gasteiger partial charge on any atom is 0.127 e. The summed E-state index contributed by atoms with van der Waals surface area (Å²) in [6.45, 7) is 4.34. The van der Waals surface area contributed by atoms with Gasteiger partial charge in [0.2, 0.25) is 0 Å². The molecule has 1 heteroatoms. The Kier molecular flexibility index (Phi) is 5.48. The van der Waals surface area contributed by atoms with Gasteiger partial charge < -0.3 is 0 Å². The Balaban J connectivity index is 1.52. The van der Waals surface area contributed by atoms with E-state index in [1.54, 1.807) is 6.07 Å². The number of allylic oxidation sites excluding steroid dienone is 1. The van der Waals surface area contributed by atoms with E-state index in [1.807, 2.05) is 6.92 Å². The zero-order valence-electron chi connectivity index (χ0n) is 16.7. The average molecular weight is 363 g/mol. The third kappa shape index (κ3) is 3.88. The van der Waals surface area contributed by atoms with Gasteiger partial charge in [-0.15, -0.1) is 0 Å². The fourth-order valence-electron chi connectivity index (χ4n) is 4.94. The Morgan fingerprint density at radius 3 is 2.33 bits per heavy atom. The molecule has 27 heavy (non-hydrogen) atoms. The molecule has 2 aliphatic rings. The van der Waals surface area contributed by atoms with Gasteiger partial charge >= 0.3 is 0 Å². The van der Waals surface area contributed by atoms with Gasteiger partial charge in [-0.25, -0.2) is 4.39 Å². The lowest BCUT2D eigenvalue weighted by Gasteiger charge is -2.28. The van der Waals surface area contributed by atoms with E-state index in [9.17, 15) is 4.39 Å². The molecule has 1 saturated carbocycles. The van der Waals surface area contributed by atoms with Crippen LogP contribution in [0.2, 0.25) is 0 Å². The van der Waals surface area contributed by atoms with Crippen LogP contribution >= 0.6 is 0 Å². The zero-order valence-corrected chi connectivity index (χ0v) is 16.7. The lowest BCUT2D eigenvalue weighted by Crippen LogP contribution is -2.12. The molecule has 0 atom stereocenters. The van der Waals surface area contributed by atoms with Gasteiger partial charge in [0, 0.05) is 0 Å². The predicted molar refractivity (Wildman–Crippen MR) is 113 cm³/mol. The second-order valence-electron chi connectivity index (χ2n) is 8.41. The summed E-state index contributed by atoms with van der Waals surface area (Å²) in [5, 5.41) is 0. The molecular weight excluding hydrogens is 331 g/mol. The van der Waals surface area contributed by atoms with Gasteiger partial charge in [-0.05, 0) is 96.2 Å². The highest BCUT2D eigenvalue weighted by molar-refractivity contribution is 5.84. The van der Waals surface area contributed by atoms with Crippen LogP contribution in [-0.4, -0.2) is 0 Å². The molecule has 0 heterocycles. The summed E-state index contributed by atoms with van der Waals surface area (Å²) >= 11 is 0. The quantitative estimate of drug-likeness (QED) is 0.526. The molecule has 142 valence electrons. The van der Waals surface area contributed by atoms with Crippen LogP contribution in [-0.2, 0) is 12.8 Å². The van der Waals surface area contributed by atoms with E-state index in [0.717, 1.165) is 42.2 Å². The van der Waals surface area contributed by atoms with Crippen LogP contribution in [0.3, 0.4) is 0 Å². The van der Waals surface area contributed by atoms with E-state index in [1.165, 1.54) is 54.4 Å². The zero-order chi connectivity index (χ0) is 18.8. The molecule has 0 bridgehead atoms. The first-order chi connectivity index (χ1) is 13.2. The van der Waals surface area contributed by atoms with Crippen LogP contribution in [0.5, 0.6) is 0 Å². The molecule has 0 nitrogen and oxygen atoms in total. The molecule has 0 saturated heterocycles. The number of hydrogen-bond donors (Lipinski definition) is 0. The highest BCUT2D eigenvalue weighted by Gasteiger charge is 2.21. The van der Waals surface area contributed by atoms with Crippen molar-refractivity contribution >= 4 is 11.6 Å². The standard InChI is InChI=1S/C26H31F/c1-3-18-5-7-20(8-6-18)21-9-11-22(12-10-21)23-13-14-24-15-19(4-2)26(27)17-25(24)16-23/h9-12,15-18,20H,3-8,13-14H2,1-2H3. The van der Waals surface area contributed by atoms with E-state index in [-0.39, 0.29) is 5.82 Å². The van der Waals surface area contributed by atoms with Crippen molar-refractivity contribution in [2.45, 2.75) is 71.1 Å². The third-order valence-corrected chi connectivity index (χ3v) is 6.86. The summed E-state index contributed by atoms with van der Waals surface area (Å²) in [7, 11) is 0. The Hall–Kier alpha value is -1.89. The predicted octanol–water partition coefficient (Wildman–Crippen LogP) is 7.56. The minimum absolute atomic E-state index is 0.0632. The van der Waals surface area contributed by atoms with Gasteiger partial charge in [-0.2, -0.15) is 0 Å². The molecule has 0 amide bonds. The second-order valence-corrected chi connectivity index (χ2v) is 8.41. The van der Waals surface area contributed by atoms with Crippen molar-refractivity contribution in [1.29, 1.82) is 0 Å². The van der Waals surface area contributed by atoms with Crippen molar-refractivity contribution in [2.75, 3.05) is 0 Å².